The molecule has 2 aromatic carbocycles. The third-order valence-corrected chi connectivity index (χ3v) is 4.12. The lowest BCUT2D eigenvalue weighted by molar-refractivity contribution is 0.0469. The second-order valence-corrected chi connectivity index (χ2v) is 5.72. The Hall–Kier alpha value is -2.86. The Morgan fingerprint density at radius 1 is 1.22 bits per heavy atom. The van der Waals surface area contributed by atoms with Crippen LogP contribution < -0.4 is 5.73 Å². The molecule has 0 aliphatic rings. The van der Waals surface area contributed by atoms with Crippen molar-refractivity contribution < 1.29 is 14.6 Å². The largest absolute Gasteiger partial charge is 0.508 e. The number of hydrogen-bond acceptors (Lipinski definition) is 6. The summed E-state index contributed by atoms with van der Waals surface area (Å²) < 4.78 is 5.21. The van der Waals surface area contributed by atoms with E-state index in [1.165, 1.54) is 29.5 Å². The number of carbonyl (C=O) groups excluding carboxylic acids is 1. The molecule has 0 atom stereocenters. The van der Waals surface area contributed by atoms with Crippen LogP contribution in [0.3, 0.4) is 0 Å². The van der Waals surface area contributed by atoms with Gasteiger partial charge in [-0.25, -0.2) is 9.78 Å². The first-order valence-electron chi connectivity index (χ1n) is 6.89. The Morgan fingerprint density at radius 3 is 2.78 bits per heavy atom. The molecule has 116 valence electrons. The molecule has 6 heteroatoms. The number of nitrogen functional groups attached to an aromatic ring is 1. The van der Waals surface area contributed by atoms with Gasteiger partial charge in [-0.3, -0.25) is 0 Å². The van der Waals surface area contributed by atoms with Crippen molar-refractivity contribution in [1.29, 1.82) is 0 Å². The number of anilines is 1. The number of carbonyl (C=O) groups is 1. The number of rotatable bonds is 4. The molecule has 23 heavy (non-hydrogen) atoms. The zero-order valence-electron chi connectivity index (χ0n) is 12.1. The highest BCUT2D eigenvalue weighted by molar-refractivity contribution is 7.13. The first kappa shape index (κ1) is 15.1. The summed E-state index contributed by atoms with van der Waals surface area (Å²) in [6, 6.07) is 13.9. The highest BCUT2D eigenvalue weighted by atomic mass is 32.1. The first-order valence-corrected chi connectivity index (χ1v) is 7.77. The normalized spacial score (nSPS) is 10.4. The maximum Gasteiger partial charge on any atom is 0.340 e. The molecular weight excluding hydrogens is 312 g/mol. The average Bonchev–Trinajstić information content (AvgIpc) is 3.05. The third kappa shape index (κ3) is 3.49. The van der Waals surface area contributed by atoms with Gasteiger partial charge in [0.05, 0.1) is 11.3 Å². The molecule has 1 aromatic heterocycles. The summed E-state index contributed by atoms with van der Waals surface area (Å²) in [7, 11) is 0. The standard InChI is InChI=1S/C17H14N2O3S/c18-15-7-6-13(20)8-14(15)17(21)22-9-12-10-23-16(19-12)11-4-2-1-3-5-11/h1-8,10,20H,9,18H2. The van der Waals surface area contributed by atoms with Crippen LogP contribution in [0, 0.1) is 0 Å². The molecule has 0 saturated carbocycles. The Balaban J connectivity index is 1.68. The van der Waals surface area contributed by atoms with Crippen LogP contribution in [0.2, 0.25) is 0 Å². The van der Waals surface area contributed by atoms with Gasteiger partial charge in [0.1, 0.15) is 17.4 Å². The molecule has 0 aliphatic heterocycles. The minimum absolute atomic E-state index is 0.0360. The van der Waals surface area contributed by atoms with Gasteiger partial charge in [-0.15, -0.1) is 11.3 Å². The quantitative estimate of drug-likeness (QED) is 0.436. The molecule has 0 bridgehead atoms. The number of ether oxygens (including phenoxy) is 1. The van der Waals surface area contributed by atoms with E-state index in [1.807, 2.05) is 35.7 Å². The second kappa shape index (κ2) is 6.50. The maximum absolute atomic E-state index is 12.0. The van der Waals surface area contributed by atoms with E-state index in [2.05, 4.69) is 4.98 Å². The number of benzene rings is 2. The Bertz CT molecular complexity index is 831. The van der Waals surface area contributed by atoms with Crippen LogP contribution in [-0.2, 0) is 11.3 Å². The van der Waals surface area contributed by atoms with E-state index in [0.29, 0.717) is 5.69 Å². The Kier molecular flexibility index (Phi) is 4.25. The average molecular weight is 326 g/mol. The molecule has 0 unspecified atom stereocenters. The summed E-state index contributed by atoms with van der Waals surface area (Å²) in [4.78, 5) is 16.5. The minimum atomic E-state index is -0.590. The molecule has 3 rings (SSSR count). The molecule has 0 spiro atoms. The third-order valence-electron chi connectivity index (χ3n) is 3.18. The smallest absolute Gasteiger partial charge is 0.340 e. The fourth-order valence-corrected chi connectivity index (χ4v) is 2.84. The molecule has 5 nitrogen and oxygen atoms in total. The van der Waals surface area contributed by atoms with Crippen LogP contribution in [0.1, 0.15) is 16.1 Å². The van der Waals surface area contributed by atoms with Crippen molar-refractivity contribution in [2.75, 3.05) is 5.73 Å². The molecule has 0 amide bonds. The number of phenolic OH excluding ortho intramolecular Hbond substituents is 1. The second-order valence-electron chi connectivity index (χ2n) is 4.86. The van der Waals surface area contributed by atoms with Gasteiger partial charge in [0, 0.05) is 16.6 Å². The molecule has 0 fully saturated rings. The lowest BCUT2D eigenvalue weighted by Gasteiger charge is -2.06. The minimum Gasteiger partial charge on any atom is -0.508 e. The summed E-state index contributed by atoms with van der Waals surface area (Å²) in [5.41, 5.74) is 7.80. The monoisotopic (exact) mass is 326 g/mol. The Morgan fingerprint density at radius 2 is 2.00 bits per heavy atom. The maximum atomic E-state index is 12.0. The number of esters is 1. The SMILES string of the molecule is Nc1ccc(O)cc1C(=O)OCc1csc(-c2ccccc2)n1. The van der Waals surface area contributed by atoms with Crippen molar-refractivity contribution in [3.8, 4) is 16.3 Å². The highest BCUT2D eigenvalue weighted by Gasteiger charge is 2.13. The molecular formula is C17H14N2O3S. The van der Waals surface area contributed by atoms with E-state index >= 15 is 0 Å². The van der Waals surface area contributed by atoms with Gasteiger partial charge in [-0.1, -0.05) is 30.3 Å². The molecule has 3 aromatic rings. The zero-order valence-corrected chi connectivity index (χ0v) is 12.9. The number of thiazole rings is 1. The van der Waals surface area contributed by atoms with Crippen LogP contribution in [0.4, 0.5) is 5.69 Å². The number of nitrogens with two attached hydrogens (primary N) is 1. The highest BCUT2D eigenvalue weighted by Crippen LogP contribution is 2.24. The topological polar surface area (TPSA) is 85.4 Å². The van der Waals surface area contributed by atoms with Crippen LogP contribution >= 0.6 is 11.3 Å². The van der Waals surface area contributed by atoms with Crippen molar-refractivity contribution in [2.45, 2.75) is 6.61 Å². The lowest BCUT2D eigenvalue weighted by atomic mass is 10.2. The van der Waals surface area contributed by atoms with Crippen LogP contribution in [0.25, 0.3) is 10.6 Å². The first-order chi connectivity index (χ1) is 11.1. The van der Waals surface area contributed by atoms with Gasteiger partial charge >= 0.3 is 5.97 Å². The fourth-order valence-electron chi connectivity index (χ4n) is 2.02. The number of hydrogen-bond donors (Lipinski definition) is 2. The van der Waals surface area contributed by atoms with Crippen LogP contribution in [0.5, 0.6) is 5.75 Å². The van der Waals surface area contributed by atoms with E-state index in [1.54, 1.807) is 0 Å². The van der Waals surface area contributed by atoms with Gasteiger partial charge in [0.25, 0.3) is 0 Å². The fraction of sp³-hybridized carbons (Fsp3) is 0.0588. The summed E-state index contributed by atoms with van der Waals surface area (Å²) >= 11 is 1.49. The van der Waals surface area contributed by atoms with E-state index in [9.17, 15) is 9.90 Å². The molecule has 0 radical (unpaired) electrons. The molecule has 1 heterocycles. The van der Waals surface area contributed by atoms with Crippen LogP contribution in [0.15, 0.2) is 53.9 Å². The van der Waals surface area contributed by atoms with Gasteiger partial charge in [-0.05, 0) is 18.2 Å². The summed E-state index contributed by atoms with van der Waals surface area (Å²) in [5, 5.41) is 12.1. The lowest BCUT2D eigenvalue weighted by Crippen LogP contribution is -2.08. The van der Waals surface area contributed by atoms with Gasteiger partial charge < -0.3 is 15.6 Å². The van der Waals surface area contributed by atoms with E-state index in [0.717, 1.165) is 10.6 Å². The van der Waals surface area contributed by atoms with Crippen molar-refractivity contribution in [2.24, 2.45) is 0 Å². The zero-order chi connectivity index (χ0) is 16.2. The molecule has 0 aliphatic carbocycles. The van der Waals surface area contributed by atoms with E-state index in [-0.39, 0.29) is 23.6 Å². The van der Waals surface area contributed by atoms with Crippen LogP contribution in [-0.4, -0.2) is 16.1 Å². The predicted octanol–water partition coefficient (Wildman–Crippen LogP) is 3.45. The summed E-state index contributed by atoms with van der Waals surface area (Å²) in [5.74, 6) is -0.626. The van der Waals surface area contributed by atoms with E-state index < -0.39 is 5.97 Å². The van der Waals surface area contributed by atoms with Crippen molar-refractivity contribution >= 4 is 23.0 Å². The van der Waals surface area contributed by atoms with Gasteiger partial charge in [0.15, 0.2) is 0 Å². The predicted molar refractivity (Wildman–Crippen MR) is 89.2 cm³/mol. The van der Waals surface area contributed by atoms with Gasteiger partial charge in [0.2, 0.25) is 0 Å². The summed E-state index contributed by atoms with van der Waals surface area (Å²) in [6.07, 6.45) is 0. The van der Waals surface area contributed by atoms with Crippen molar-refractivity contribution in [3.63, 3.8) is 0 Å². The van der Waals surface area contributed by atoms with Crippen molar-refractivity contribution in [3.05, 3.63) is 65.2 Å². The Labute approximate surface area is 137 Å². The number of nitrogens with zero attached hydrogens (tertiary/aromatic N) is 1. The number of aromatic hydroxyl groups is 1. The van der Waals surface area contributed by atoms with Crippen molar-refractivity contribution in [1.82, 2.24) is 4.98 Å². The molecule has 0 saturated heterocycles. The van der Waals surface area contributed by atoms with E-state index in [4.69, 9.17) is 10.5 Å². The number of aromatic nitrogens is 1. The molecule has 3 N–H and O–H groups in total. The van der Waals surface area contributed by atoms with Gasteiger partial charge in [-0.2, -0.15) is 0 Å². The number of phenols is 1. The summed E-state index contributed by atoms with van der Waals surface area (Å²) in [6.45, 7) is 0.0528.